The number of thiocarbonyl (C=S) groups is 1. The first-order chi connectivity index (χ1) is 7.74. The standard InChI is InChI=1S/C9H19N3O3S2/c1-4-12(5-2)9(13)6-11(3)17(14,15)7-8(10)16/h4-7H2,1-3H3,(H2,10,16). The minimum absolute atomic E-state index is 0.105. The Morgan fingerprint density at radius 3 is 2.12 bits per heavy atom. The third-order valence-corrected chi connectivity index (χ3v) is 4.36. The first-order valence-corrected chi connectivity index (χ1v) is 7.26. The summed E-state index contributed by atoms with van der Waals surface area (Å²) < 4.78 is 24.3. The summed E-state index contributed by atoms with van der Waals surface area (Å²) in [7, 11) is -2.24. The first kappa shape index (κ1) is 16.3. The molecule has 0 aromatic heterocycles. The summed E-state index contributed by atoms with van der Waals surface area (Å²) in [6.07, 6.45) is 0. The normalized spacial score (nSPS) is 11.5. The van der Waals surface area contributed by atoms with Crippen LogP contribution in [0.15, 0.2) is 0 Å². The van der Waals surface area contributed by atoms with Gasteiger partial charge in [-0.05, 0) is 13.8 Å². The van der Waals surface area contributed by atoms with E-state index in [-0.39, 0.29) is 17.4 Å². The summed E-state index contributed by atoms with van der Waals surface area (Å²) in [5.74, 6) is -0.645. The second-order valence-electron chi connectivity index (χ2n) is 3.54. The third-order valence-electron chi connectivity index (χ3n) is 2.27. The number of hydrogen-bond donors (Lipinski definition) is 1. The van der Waals surface area contributed by atoms with Gasteiger partial charge in [-0.2, -0.15) is 4.31 Å². The summed E-state index contributed by atoms with van der Waals surface area (Å²) in [6.45, 7) is 4.60. The Bertz CT molecular complexity index is 377. The van der Waals surface area contributed by atoms with Gasteiger partial charge in [0.05, 0.1) is 11.5 Å². The lowest BCUT2D eigenvalue weighted by Crippen LogP contribution is -2.43. The molecule has 0 saturated heterocycles. The van der Waals surface area contributed by atoms with Gasteiger partial charge in [-0.15, -0.1) is 0 Å². The Kier molecular flexibility index (Phi) is 6.58. The molecule has 0 heterocycles. The van der Waals surface area contributed by atoms with Crippen LogP contribution < -0.4 is 5.73 Å². The van der Waals surface area contributed by atoms with E-state index in [1.807, 2.05) is 13.8 Å². The summed E-state index contributed by atoms with van der Waals surface area (Å²) in [5, 5.41) is 0. The van der Waals surface area contributed by atoms with Crippen molar-refractivity contribution in [2.45, 2.75) is 13.8 Å². The number of carbonyl (C=O) groups is 1. The third kappa shape index (κ3) is 5.42. The maximum atomic E-state index is 11.7. The van der Waals surface area contributed by atoms with Gasteiger partial charge in [-0.25, -0.2) is 8.42 Å². The molecule has 0 spiro atoms. The number of amides is 1. The van der Waals surface area contributed by atoms with Gasteiger partial charge in [0, 0.05) is 20.1 Å². The van der Waals surface area contributed by atoms with E-state index in [4.69, 9.17) is 5.73 Å². The van der Waals surface area contributed by atoms with Crippen LogP contribution in [0.4, 0.5) is 0 Å². The zero-order valence-corrected chi connectivity index (χ0v) is 12.0. The smallest absolute Gasteiger partial charge is 0.237 e. The number of hydrogen-bond acceptors (Lipinski definition) is 4. The zero-order valence-electron chi connectivity index (χ0n) is 10.3. The molecule has 6 nitrogen and oxygen atoms in total. The fraction of sp³-hybridized carbons (Fsp3) is 0.778. The van der Waals surface area contributed by atoms with Gasteiger partial charge in [0.1, 0.15) is 5.75 Å². The van der Waals surface area contributed by atoms with Crippen LogP contribution in [0.3, 0.4) is 0 Å². The lowest BCUT2D eigenvalue weighted by molar-refractivity contribution is -0.130. The van der Waals surface area contributed by atoms with Crippen LogP contribution in [0.25, 0.3) is 0 Å². The summed E-state index contributed by atoms with van der Waals surface area (Å²) in [4.78, 5) is 13.2. The molecule has 100 valence electrons. The molecule has 0 atom stereocenters. The monoisotopic (exact) mass is 281 g/mol. The quantitative estimate of drug-likeness (QED) is 0.630. The summed E-state index contributed by atoms with van der Waals surface area (Å²) in [5.41, 5.74) is 5.19. The molecule has 2 N–H and O–H groups in total. The molecule has 0 aliphatic carbocycles. The van der Waals surface area contributed by atoms with Gasteiger partial charge in [0.2, 0.25) is 15.9 Å². The molecule has 0 aromatic rings. The van der Waals surface area contributed by atoms with E-state index in [1.54, 1.807) is 4.90 Å². The van der Waals surface area contributed by atoms with E-state index in [0.717, 1.165) is 4.31 Å². The molecule has 17 heavy (non-hydrogen) atoms. The largest absolute Gasteiger partial charge is 0.392 e. The van der Waals surface area contributed by atoms with Gasteiger partial charge in [0.15, 0.2) is 0 Å². The van der Waals surface area contributed by atoms with Crippen molar-refractivity contribution in [1.29, 1.82) is 0 Å². The van der Waals surface area contributed by atoms with Crippen LogP contribution in [0, 0.1) is 0 Å². The minimum Gasteiger partial charge on any atom is -0.392 e. The Morgan fingerprint density at radius 2 is 1.76 bits per heavy atom. The van der Waals surface area contributed by atoms with Crippen molar-refractivity contribution >= 4 is 33.1 Å². The molecule has 0 aromatic carbocycles. The molecule has 0 saturated carbocycles. The molecular formula is C9H19N3O3S2. The van der Waals surface area contributed by atoms with Gasteiger partial charge in [-0.3, -0.25) is 4.79 Å². The van der Waals surface area contributed by atoms with E-state index in [1.165, 1.54) is 7.05 Å². The molecule has 0 fully saturated rings. The van der Waals surface area contributed by atoms with Crippen LogP contribution in [-0.4, -0.2) is 61.0 Å². The highest BCUT2D eigenvalue weighted by molar-refractivity contribution is 7.92. The molecule has 0 unspecified atom stereocenters. The zero-order chi connectivity index (χ0) is 13.6. The SMILES string of the molecule is CCN(CC)C(=O)CN(C)S(=O)(=O)CC(N)=S. The van der Waals surface area contributed by atoms with Crippen LogP contribution >= 0.6 is 12.2 Å². The Labute approximate surface area is 108 Å². The van der Waals surface area contributed by atoms with Gasteiger partial charge in [0.25, 0.3) is 0 Å². The fourth-order valence-corrected chi connectivity index (χ4v) is 2.59. The van der Waals surface area contributed by atoms with Crippen LogP contribution in [-0.2, 0) is 14.8 Å². The molecule has 0 aliphatic heterocycles. The molecule has 8 heteroatoms. The molecule has 0 radical (unpaired) electrons. The van der Waals surface area contributed by atoms with E-state index >= 15 is 0 Å². The maximum absolute atomic E-state index is 11.7. The van der Waals surface area contributed by atoms with Gasteiger partial charge in [-0.1, -0.05) is 12.2 Å². The van der Waals surface area contributed by atoms with E-state index < -0.39 is 15.8 Å². The molecule has 0 rings (SSSR count). The number of nitrogens with zero attached hydrogens (tertiary/aromatic N) is 2. The minimum atomic E-state index is -3.58. The Balaban J connectivity index is 4.59. The summed E-state index contributed by atoms with van der Waals surface area (Å²) in [6, 6.07) is 0. The number of nitrogens with two attached hydrogens (primary N) is 1. The van der Waals surface area contributed by atoms with Gasteiger partial charge >= 0.3 is 0 Å². The van der Waals surface area contributed by atoms with E-state index in [0.29, 0.717) is 13.1 Å². The van der Waals surface area contributed by atoms with Crippen LogP contribution in [0.5, 0.6) is 0 Å². The lowest BCUT2D eigenvalue weighted by atomic mass is 10.4. The lowest BCUT2D eigenvalue weighted by Gasteiger charge is -2.22. The maximum Gasteiger partial charge on any atom is 0.237 e. The Hall–Kier alpha value is -0.730. The number of sulfonamides is 1. The van der Waals surface area contributed by atoms with Crippen LogP contribution in [0.2, 0.25) is 0 Å². The number of likely N-dealkylation sites (N-methyl/N-ethyl adjacent to an activating group) is 2. The number of rotatable bonds is 7. The fourth-order valence-electron chi connectivity index (χ4n) is 1.26. The highest BCUT2D eigenvalue weighted by atomic mass is 32.2. The first-order valence-electron chi connectivity index (χ1n) is 5.24. The highest BCUT2D eigenvalue weighted by Gasteiger charge is 2.23. The predicted molar refractivity (Wildman–Crippen MR) is 71.1 cm³/mol. The predicted octanol–water partition coefficient (Wildman–Crippen LogP) is -0.597. The average Bonchev–Trinajstić information content (AvgIpc) is 2.17. The second kappa shape index (κ2) is 6.87. The van der Waals surface area contributed by atoms with Crippen molar-refractivity contribution in [3.63, 3.8) is 0 Å². The summed E-state index contributed by atoms with van der Waals surface area (Å²) >= 11 is 4.55. The van der Waals surface area contributed by atoms with Gasteiger partial charge < -0.3 is 10.6 Å². The van der Waals surface area contributed by atoms with Crippen molar-refractivity contribution < 1.29 is 13.2 Å². The second-order valence-corrected chi connectivity index (χ2v) is 6.14. The molecular weight excluding hydrogens is 262 g/mol. The van der Waals surface area contributed by atoms with Crippen molar-refractivity contribution in [3.8, 4) is 0 Å². The molecule has 1 amide bonds. The van der Waals surface area contributed by atoms with E-state index in [9.17, 15) is 13.2 Å². The Morgan fingerprint density at radius 1 is 1.29 bits per heavy atom. The van der Waals surface area contributed by atoms with Crippen molar-refractivity contribution in [3.05, 3.63) is 0 Å². The van der Waals surface area contributed by atoms with Crippen molar-refractivity contribution in [2.24, 2.45) is 5.73 Å². The molecule has 0 bridgehead atoms. The molecule has 0 aliphatic rings. The average molecular weight is 281 g/mol. The van der Waals surface area contributed by atoms with Crippen LogP contribution in [0.1, 0.15) is 13.8 Å². The van der Waals surface area contributed by atoms with Crippen molar-refractivity contribution in [1.82, 2.24) is 9.21 Å². The number of carbonyl (C=O) groups excluding carboxylic acids is 1. The van der Waals surface area contributed by atoms with E-state index in [2.05, 4.69) is 12.2 Å². The topological polar surface area (TPSA) is 83.7 Å². The highest BCUT2D eigenvalue weighted by Crippen LogP contribution is 2.00. The van der Waals surface area contributed by atoms with Crippen molar-refractivity contribution in [2.75, 3.05) is 32.4 Å².